The lowest BCUT2D eigenvalue weighted by molar-refractivity contribution is -0.149. The minimum atomic E-state index is -1.77. The fourth-order valence-corrected chi connectivity index (χ4v) is 7.20. The number of cyclic esters (lactones) is 1. The SMILES string of the molecule is CCC1(O)CC(=O)OCc2c1cc1n(c2=O)Cc2c-1nc1ccccc1c2[Si](C)(C)C. The third kappa shape index (κ3) is 2.91. The Morgan fingerprint density at radius 1 is 1.19 bits per heavy atom. The van der Waals surface area contributed by atoms with Gasteiger partial charge in [0.05, 0.1) is 43.5 Å². The first-order valence-corrected chi connectivity index (χ1v) is 14.2. The quantitative estimate of drug-likeness (QED) is 0.387. The van der Waals surface area contributed by atoms with Crippen LogP contribution < -0.4 is 10.7 Å². The molecule has 0 amide bonds. The molecule has 31 heavy (non-hydrogen) atoms. The van der Waals surface area contributed by atoms with Crippen molar-refractivity contribution >= 4 is 30.1 Å². The number of benzene rings is 1. The minimum absolute atomic E-state index is 0.109. The van der Waals surface area contributed by atoms with Crippen molar-refractivity contribution in [3.63, 3.8) is 0 Å². The van der Waals surface area contributed by atoms with Crippen LogP contribution in [0.2, 0.25) is 19.6 Å². The van der Waals surface area contributed by atoms with Crippen LogP contribution in [0.15, 0.2) is 35.1 Å². The van der Waals surface area contributed by atoms with Crippen molar-refractivity contribution in [1.82, 2.24) is 9.55 Å². The van der Waals surface area contributed by atoms with E-state index < -0.39 is 19.6 Å². The van der Waals surface area contributed by atoms with Crippen LogP contribution >= 0.6 is 0 Å². The average molecular weight is 435 g/mol. The van der Waals surface area contributed by atoms with Crippen molar-refractivity contribution in [2.45, 2.75) is 58.2 Å². The van der Waals surface area contributed by atoms with Gasteiger partial charge < -0.3 is 14.4 Å². The van der Waals surface area contributed by atoms with E-state index in [1.165, 1.54) is 5.19 Å². The molecule has 1 N–H and O–H groups in total. The topological polar surface area (TPSA) is 81.4 Å². The zero-order chi connectivity index (χ0) is 22.1. The van der Waals surface area contributed by atoms with Crippen LogP contribution in [0.25, 0.3) is 22.3 Å². The number of para-hydroxylation sites is 1. The first-order valence-electron chi connectivity index (χ1n) is 10.7. The van der Waals surface area contributed by atoms with Gasteiger partial charge in [0.2, 0.25) is 0 Å². The van der Waals surface area contributed by atoms with Gasteiger partial charge in [-0.3, -0.25) is 9.59 Å². The minimum Gasteiger partial charge on any atom is -0.460 e. The molecule has 0 saturated carbocycles. The summed E-state index contributed by atoms with van der Waals surface area (Å²) in [6, 6.07) is 10.0. The summed E-state index contributed by atoms with van der Waals surface area (Å²) in [5.74, 6) is -0.490. The number of carbonyl (C=O) groups excluding carboxylic acids is 1. The molecule has 4 heterocycles. The molecule has 5 rings (SSSR count). The number of hydrogen-bond acceptors (Lipinski definition) is 5. The van der Waals surface area contributed by atoms with E-state index in [9.17, 15) is 14.7 Å². The van der Waals surface area contributed by atoms with Gasteiger partial charge in [-0.15, -0.1) is 0 Å². The van der Waals surface area contributed by atoms with E-state index in [4.69, 9.17) is 9.72 Å². The molecule has 1 atom stereocenters. The number of pyridine rings is 2. The third-order valence-electron chi connectivity index (χ3n) is 6.60. The predicted molar refractivity (Wildman–Crippen MR) is 122 cm³/mol. The van der Waals surface area contributed by atoms with E-state index in [1.807, 2.05) is 31.2 Å². The summed E-state index contributed by atoms with van der Waals surface area (Å²) >= 11 is 0. The van der Waals surface area contributed by atoms with Gasteiger partial charge in [-0.1, -0.05) is 44.8 Å². The number of rotatable bonds is 2. The lowest BCUT2D eigenvalue weighted by atomic mass is 9.85. The fraction of sp³-hybridized carbons (Fsp3) is 0.375. The molecule has 2 aliphatic heterocycles. The largest absolute Gasteiger partial charge is 0.460 e. The van der Waals surface area contributed by atoms with Gasteiger partial charge in [0.1, 0.15) is 12.2 Å². The van der Waals surface area contributed by atoms with E-state index in [0.717, 1.165) is 22.2 Å². The smallest absolute Gasteiger partial charge is 0.309 e. The zero-order valence-electron chi connectivity index (χ0n) is 18.3. The molecule has 3 aromatic rings. The second-order valence-corrected chi connectivity index (χ2v) is 14.6. The Balaban J connectivity index is 1.85. The Morgan fingerprint density at radius 3 is 2.65 bits per heavy atom. The van der Waals surface area contributed by atoms with E-state index in [1.54, 1.807) is 4.57 Å². The highest BCUT2D eigenvalue weighted by Crippen LogP contribution is 2.39. The Kier molecular flexibility index (Phi) is 4.30. The third-order valence-corrected chi connectivity index (χ3v) is 8.67. The Morgan fingerprint density at radius 2 is 1.94 bits per heavy atom. The molecule has 2 aliphatic rings. The number of aliphatic hydroxyl groups is 1. The van der Waals surface area contributed by atoms with Crippen molar-refractivity contribution in [3.05, 3.63) is 57.4 Å². The molecular weight excluding hydrogens is 408 g/mol. The molecule has 1 aromatic carbocycles. The van der Waals surface area contributed by atoms with Gasteiger partial charge >= 0.3 is 5.97 Å². The van der Waals surface area contributed by atoms with Crippen LogP contribution in [0.3, 0.4) is 0 Å². The van der Waals surface area contributed by atoms with Crippen molar-refractivity contribution in [2.75, 3.05) is 0 Å². The average Bonchev–Trinajstić information content (AvgIpc) is 3.01. The molecule has 0 fully saturated rings. The predicted octanol–water partition coefficient (Wildman–Crippen LogP) is 3.01. The van der Waals surface area contributed by atoms with E-state index >= 15 is 0 Å². The van der Waals surface area contributed by atoms with Crippen LogP contribution in [-0.2, 0) is 28.3 Å². The van der Waals surface area contributed by atoms with E-state index in [-0.39, 0.29) is 18.6 Å². The van der Waals surface area contributed by atoms with Gasteiger partial charge in [-0.2, -0.15) is 0 Å². The second kappa shape index (κ2) is 6.61. The molecule has 0 radical (unpaired) electrons. The monoisotopic (exact) mass is 434 g/mol. The van der Waals surface area contributed by atoms with Crippen LogP contribution in [0.5, 0.6) is 0 Å². The van der Waals surface area contributed by atoms with Crippen LogP contribution in [-0.4, -0.2) is 28.7 Å². The Hall–Kier alpha value is -2.77. The summed E-state index contributed by atoms with van der Waals surface area (Å²) in [4.78, 5) is 30.6. The number of carbonyl (C=O) groups is 1. The zero-order valence-corrected chi connectivity index (χ0v) is 19.3. The molecule has 0 aliphatic carbocycles. The van der Waals surface area contributed by atoms with Crippen molar-refractivity contribution in [1.29, 1.82) is 0 Å². The molecule has 160 valence electrons. The Labute approximate surface area is 181 Å². The first-order chi connectivity index (χ1) is 14.6. The lowest BCUT2D eigenvalue weighted by Gasteiger charge is -2.26. The van der Waals surface area contributed by atoms with Gasteiger partial charge in [-0.25, -0.2) is 4.98 Å². The molecule has 6 nitrogen and oxygen atoms in total. The first kappa shape index (κ1) is 20.1. The number of fused-ring (bicyclic) bond motifs is 5. The summed E-state index contributed by atoms with van der Waals surface area (Å²) in [7, 11) is -1.77. The van der Waals surface area contributed by atoms with Gasteiger partial charge in [0.15, 0.2) is 0 Å². The van der Waals surface area contributed by atoms with Crippen molar-refractivity contribution in [2.24, 2.45) is 0 Å². The fourth-order valence-electron chi connectivity index (χ4n) is 5.08. The van der Waals surface area contributed by atoms with Crippen molar-refractivity contribution in [3.8, 4) is 11.4 Å². The highest BCUT2D eigenvalue weighted by atomic mass is 28.3. The Bertz CT molecular complexity index is 1320. The number of aromatic nitrogens is 2. The summed E-state index contributed by atoms with van der Waals surface area (Å²) in [6.45, 7) is 9.09. The summed E-state index contributed by atoms with van der Waals surface area (Å²) < 4.78 is 6.99. The molecule has 1 unspecified atom stereocenters. The van der Waals surface area contributed by atoms with Crippen LogP contribution in [0, 0.1) is 0 Å². The maximum Gasteiger partial charge on any atom is 0.309 e. The highest BCUT2D eigenvalue weighted by molar-refractivity contribution is 6.90. The van der Waals surface area contributed by atoms with Gasteiger partial charge in [0, 0.05) is 0 Å². The maximum atomic E-state index is 13.5. The van der Waals surface area contributed by atoms with E-state index in [0.29, 0.717) is 29.8 Å². The van der Waals surface area contributed by atoms with Crippen LogP contribution in [0.4, 0.5) is 0 Å². The lowest BCUT2D eigenvalue weighted by Crippen LogP contribution is -2.41. The molecular formula is C24H26N2O4Si. The van der Waals surface area contributed by atoms with E-state index in [2.05, 4.69) is 25.7 Å². The normalized spacial score (nSPS) is 20.1. The number of hydrogen-bond donors (Lipinski definition) is 1. The number of esters is 1. The van der Waals surface area contributed by atoms with Gasteiger partial charge in [-0.05, 0) is 40.3 Å². The maximum absolute atomic E-state index is 13.5. The molecule has 0 bridgehead atoms. The van der Waals surface area contributed by atoms with Crippen molar-refractivity contribution < 1.29 is 14.6 Å². The summed E-state index contributed by atoms with van der Waals surface area (Å²) in [5.41, 5.74) is 2.78. The molecule has 7 heteroatoms. The highest BCUT2D eigenvalue weighted by Gasteiger charge is 2.40. The second-order valence-electron chi connectivity index (χ2n) is 9.62. The molecule has 2 aromatic heterocycles. The number of ether oxygens (including phenoxy) is 1. The number of nitrogens with zero attached hydrogens (tertiary/aromatic N) is 2. The van der Waals surface area contributed by atoms with Crippen LogP contribution in [0.1, 0.15) is 36.5 Å². The summed E-state index contributed by atoms with van der Waals surface area (Å²) in [6.07, 6.45) is 0.160. The van der Waals surface area contributed by atoms with Gasteiger partial charge in [0.25, 0.3) is 5.56 Å². The molecule has 0 spiro atoms. The molecule has 0 saturated heterocycles. The standard InChI is InChI=1S/C24H26N2O4Si/c1-5-24(29)11-20(27)30-13-16-17(24)10-19-21-15(12-26(19)23(16)28)22(31(2,3)4)14-8-6-7-9-18(14)25-21/h6-10,29H,5,11-13H2,1-4H3. The summed E-state index contributed by atoms with van der Waals surface area (Å²) in [5, 5.41) is 13.8.